The van der Waals surface area contributed by atoms with Crippen LogP contribution in [0.25, 0.3) is 0 Å². The molecule has 3 heterocycles. The Labute approximate surface area is 135 Å². The normalized spacial score (nSPS) is 18.7. The van der Waals surface area contributed by atoms with Crippen LogP contribution in [0.2, 0.25) is 0 Å². The third-order valence-corrected chi connectivity index (χ3v) is 5.68. The molecule has 1 aliphatic heterocycles. The average molecular weight is 339 g/mol. The lowest BCUT2D eigenvalue weighted by atomic mass is 9.93. The first-order chi connectivity index (χ1) is 10.7. The summed E-state index contributed by atoms with van der Waals surface area (Å²) in [7, 11) is -1.82. The molecule has 0 bridgehead atoms. The summed E-state index contributed by atoms with van der Waals surface area (Å²) in [6.45, 7) is 7.02. The third kappa shape index (κ3) is 2.98. The second-order valence-corrected chi connectivity index (χ2v) is 8.51. The zero-order chi connectivity index (χ0) is 16.8. The van der Waals surface area contributed by atoms with Crippen molar-refractivity contribution in [3.8, 4) is 0 Å². The monoisotopic (exact) mass is 339 g/mol. The summed E-state index contributed by atoms with van der Waals surface area (Å²) in [5.41, 5.74) is 1.25. The Bertz CT molecular complexity index is 802. The minimum atomic E-state index is -3.58. The summed E-state index contributed by atoms with van der Waals surface area (Å²) in [5.74, 6) is 0.409. The number of aromatic nitrogens is 3. The highest BCUT2D eigenvalue weighted by Crippen LogP contribution is 2.27. The molecular weight excluding hydrogens is 318 g/mol. The van der Waals surface area contributed by atoms with Gasteiger partial charge in [-0.25, -0.2) is 4.98 Å². The molecule has 23 heavy (non-hydrogen) atoms. The SMILES string of the molecule is Cn1cc(N2CCN(Cc3nc(C(C)(C)C)co3)S2(=O)=O)cn1. The van der Waals surface area contributed by atoms with E-state index in [1.165, 1.54) is 8.61 Å². The van der Waals surface area contributed by atoms with Gasteiger partial charge in [0.15, 0.2) is 0 Å². The van der Waals surface area contributed by atoms with Crippen LogP contribution < -0.4 is 4.31 Å². The Balaban J connectivity index is 1.78. The van der Waals surface area contributed by atoms with Crippen molar-refractivity contribution in [3.05, 3.63) is 30.2 Å². The fourth-order valence-electron chi connectivity index (χ4n) is 2.41. The van der Waals surface area contributed by atoms with Gasteiger partial charge in [0.1, 0.15) is 6.26 Å². The van der Waals surface area contributed by atoms with E-state index >= 15 is 0 Å². The molecule has 3 rings (SSSR count). The fourth-order valence-corrected chi connectivity index (χ4v) is 3.95. The minimum Gasteiger partial charge on any atom is -0.447 e. The van der Waals surface area contributed by atoms with E-state index in [2.05, 4.69) is 10.1 Å². The molecule has 0 aliphatic carbocycles. The van der Waals surface area contributed by atoms with E-state index in [-0.39, 0.29) is 12.0 Å². The number of oxazole rings is 1. The van der Waals surface area contributed by atoms with Gasteiger partial charge < -0.3 is 4.42 Å². The van der Waals surface area contributed by atoms with Crippen LogP contribution in [0.5, 0.6) is 0 Å². The summed E-state index contributed by atoms with van der Waals surface area (Å²) < 4.78 is 35.1. The Morgan fingerprint density at radius 2 is 2.04 bits per heavy atom. The number of hydrogen-bond donors (Lipinski definition) is 0. The maximum Gasteiger partial charge on any atom is 0.304 e. The number of anilines is 1. The second kappa shape index (κ2) is 5.34. The standard InChI is InChI=1S/C14H21N5O3S/c1-14(2,3)12-10-22-13(16-12)9-18-5-6-19(23(18,20)21)11-7-15-17(4)8-11/h7-8,10H,5-6,9H2,1-4H3. The van der Waals surface area contributed by atoms with Crippen LogP contribution in [-0.4, -0.2) is 40.6 Å². The molecule has 0 amide bonds. The van der Waals surface area contributed by atoms with Crippen LogP contribution in [0.15, 0.2) is 23.1 Å². The van der Waals surface area contributed by atoms with Gasteiger partial charge in [0.2, 0.25) is 5.89 Å². The molecule has 8 nitrogen and oxygen atoms in total. The van der Waals surface area contributed by atoms with E-state index in [0.29, 0.717) is 24.7 Å². The molecule has 0 aromatic carbocycles. The maximum absolute atomic E-state index is 12.7. The Hall–Kier alpha value is -1.87. The topological polar surface area (TPSA) is 84.5 Å². The molecule has 2 aromatic rings. The molecule has 2 aromatic heterocycles. The van der Waals surface area contributed by atoms with Gasteiger partial charge in [-0.15, -0.1) is 0 Å². The van der Waals surface area contributed by atoms with Gasteiger partial charge in [-0.3, -0.25) is 8.99 Å². The van der Waals surface area contributed by atoms with Crippen LogP contribution in [0.4, 0.5) is 5.69 Å². The Morgan fingerprint density at radius 3 is 2.61 bits per heavy atom. The number of hydrogen-bond acceptors (Lipinski definition) is 5. The lowest BCUT2D eigenvalue weighted by Crippen LogP contribution is -2.32. The van der Waals surface area contributed by atoms with Crippen molar-refractivity contribution in [3.63, 3.8) is 0 Å². The van der Waals surface area contributed by atoms with Crippen molar-refractivity contribution in [1.29, 1.82) is 0 Å². The zero-order valence-corrected chi connectivity index (χ0v) is 14.5. The van der Waals surface area contributed by atoms with Gasteiger partial charge >= 0.3 is 10.2 Å². The second-order valence-electron chi connectivity index (χ2n) is 6.66. The molecule has 0 unspecified atom stereocenters. The van der Waals surface area contributed by atoms with Crippen molar-refractivity contribution < 1.29 is 12.8 Å². The molecule has 0 spiro atoms. The van der Waals surface area contributed by atoms with E-state index in [0.717, 1.165) is 5.69 Å². The number of aryl methyl sites for hydroxylation is 1. The molecule has 1 fully saturated rings. The fraction of sp³-hybridized carbons (Fsp3) is 0.571. The molecule has 1 saturated heterocycles. The van der Waals surface area contributed by atoms with Crippen LogP contribution in [0, 0.1) is 0 Å². The highest BCUT2D eigenvalue weighted by Gasteiger charge is 2.38. The molecule has 0 saturated carbocycles. The van der Waals surface area contributed by atoms with Gasteiger partial charge in [0.05, 0.1) is 24.1 Å². The van der Waals surface area contributed by atoms with E-state index in [1.54, 1.807) is 30.4 Å². The summed E-state index contributed by atoms with van der Waals surface area (Å²) >= 11 is 0. The first-order valence-electron chi connectivity index (χ1n) is 7.39. The highest BCUT2D eigenvalue weighted by molar-refractivity contribution is 7.90. The minimum absolute atomic E-state index is 0.132. The molecule has 0 atom stereocenters. The molecule has 1 aliphatic rings. The summed E-state index contributed by atoms with van der Waals surface area (Å²) in [5, 5.41) is 4.03. The maximum atomic E-state index is 12.7. The first-order valence-corrected chi connectivity index (χ1v) is 8.79. The highest BCUT2D eigenvalue weighted by atomic mass is 32.2. The van der Waals surface area contributed by atoms with Crippen molar-refractivity contribution in [2.75, 3.05) is 17.4 Å². The summed E-state index contributed by atoms with van der Waals surface area (Å²) in [6, 6.07) is 0. The van der Waals surface area contributed by atoms with Crippen LogP contribution in [0.1, 0.15) is 32.4 Å². The largest absolute Gasteiger partial charge is 0.447 e. The zero-order valence-electron chi connectivity index (χ0n) is 13.7. The average Bonchev–Trinajstić information content (AvgIpc) is 3.11. The molecule has 0 radical (unpaired) electrons. The predicted molar refractivity (Wildman–Crippen MR) is 85.1 cm³/mol. The van der Waals surface area contributed by atoms with E-state index in [1.807, 2.05) is 20.8 Å². The lowest BCUT2D eigenvalue weighted by Gasteiger charge is -2.17. The van der Waals surface area contributed by atoms with Crippen molar-refractivity contribution in [2.24, 2.45) is 7.05 Å². The van der Waals surface area contributed by atoms with Crippen molar-refractivity contribution >= 4 is 15.9 Å². The number of rotatable bonds is 3. The molecule has 0 N–H and O–H groups in total. The first kappa shape index (κ1) is 16.0. The van der Waals surface area contributed by atoms with Gasteiger partial charge in [0, 0.05) is 31.7 Å². The van der Waals surface area contributed by atoms with Gasteiger partial charge in [-0.05, 0) is 0 Å². The lowest BCUT2D eigenvalue weighted by molar-refractivity contribution is 0.379. The van der Waals surface area contributed by atoms with Crippen molar-refractivity contribution in [2.45, 2.75) is 32.7 Å². The summed E-state index contributed by atoms with van der Waals surface area (Å²) in [4.78, 5) is 4.40. The van der Waals surface area contributed by atoms with Gasteiger partial charge in [-0.2, -0.15) is 17.8 Å². The van der Waals surface area contributed by atoms with Crippen LogP contribution in [0.3, 0.4) is 0 Å². The predicted octanol–water partition coefficient (Wildman–Crippen LogP) is 1.27. The van der Waals surface area contributed by atoms with E-state index in [9.17, 15) is 8.42 Å². The Kier molecular flexibility index (Phi) is 3.72. The smallest absolute Gasteiger partial charge is 0.304 e. The van der Waals surface area contributed by atoms with Crippen LogP contribution in [-0.2, 0) is 29.2 Å². The molecule has 126 valence electrons. The molecule has 9 heteroatoms. The quantitative estimate of drug-likeness (QED) is 0.841. The van der Waals surface area contributed by atoms with E-state index < -0.39 is 10.2 Å². The van der Waals surface area contributed by atoms with E-state index in [4.69, 9.17) is 4.42 Å². The molecular formula is C14H21N5O3S. The Morgan fingerprint density at radius 1 is 1.30 bits per heavy atom. The summed E-state index contributed by atoms with van der Waals surface area (Å²) in [6.07, 6.45) is 4.82. The van der Waals surface area contributed by atoms with Crippen LogP contribution >= 0.6 is 0 Å². The third-order valence-electron chi connectivity index (χ3n) is 3.77. The number of nitrogens with zero attached hydrogens (tertiary/aromatic N) is 5. The van der Waals surface area contributed by atoms with Gasteiger partial charge in [0.25, 0.3) is 0 Å². The van der Waals surface area contributed by atoms with Gasteiger partial charge in [-0.1, -0.05) is 20.8 Å². The van der Waals surface area contributed by atoms with Crippen molar-refractivity contribution in [1.82, 2.24) is 19.1 Å².